The first-order chi connectivity index (χ1) is 16.2. The van der Waals surface area contributed by atoms with Crippen LogP contribution in [-0.4, -0.2) is 18.7 Å². The maximum absolute atomic E-state index is 13.3. The van der Waals surface area contributed by atoms with Gasteiger partial charge in [-0.25, -0.2) is 18.3 Å². The molecule has 2 heterocycles. The van der Waals surface area contributed by atoms with Crippen molar-refractivity contribution >= 4 is 16.7 Å². The van der Waals surface area contributed by atoms with Crippen LogP contribution in [0.2, 0.25) is 0 Å². The Hall–Kier alpha value is -4.21. The molecule has 0 N–H and O–H groups in total. The fourth-order valence-electron chi connectivity index (χ4n) is 3.90. The molecular formula is C24H16F4N4O2. The lowest BCUT2D eigenvalue weighted by atomic mass is 10.1. The monoisotopic (exact) mass is 468 g/mol. The van der Waals surface area contributed by atoms with E-state index in [1.54, 1.807) is 24.3 Å². The Morgan fingerprint density at radius 3 is 2.29 bits per heavy atom. The quantitative estimate of drug-likeness (QED) is 0.374. The first-order valence-electron chi connectivity index (χ1n) is 10.2. The minimum atomic E-state index is -4.52. The second-order valence-corrected chi connectivity index (χ2v) is 7.81. The number of hydrogen-bond acceptors (Lipinski definition) is 3. The molecule has 0 aliphatic carbocycles. The zero-order valence-corrected chi connectivity index (χ0v) is 17.5. The first-order valence-corrected chi connectivity index (χ1v) is 10.2. The van der Waals surface area contributed by atoms with Crippen LogP contribution in [-0.2, 0) is 19.3 Å². The van der Waals surface area contributed by atoms with Crippen molar-refractivity contribution in [1.29, 1.82) is 0 Å². The summed E-state index contributed by atoms with van der Waals surface area (Å²) in [5.74, 6) is -0.397. The fraction of sp³-hybridized carbons (Fsp3) is 0.125. The van der Waals surface area contributed by atoms with Crippen molar-refractivity contribution in [2.45, 2.75) is 19.3 Å². The molecule has 10 heteroatoms. The van der Waals surface area contributed by atoms with E-state index in [1.165, 1.54) is 45.4 Å². The van der Waals surface area contributed by atoms with Crippen LogP contribution in [0.3, 0.4) is 0 Å². The van der Waals surface area contributed by atoms with Crippen LogP contribution < -0.4 is 11.2 Å². The molecule has 34 heavy (non-hydrogen) atoms. The highest BCUT2D eigenvalue weighted by Crippen LogP contribution is 2.29. The summed E-state index contributed by atoms with van der Waals surface area (Å²) in [6, 6.07) is 16.7. The Morgan fingerprint density at radius 2 is 1.56 bits per heavy atom. The first kappa shape index (κ1) is 21.6. The average Bonchev–Trinajstić information content (AvgIpc) is 3.13. The van der Waals surface area contributed by atoms with Gasteiger partial charge in [-0.1, -0.05) is 36.4 Å². The van der Waals surface area contributed by atoms with Crippen molar-refractivity contribution in [2.24, 2.45) is 0 Å². The lowest BCUT2D eigenvalue weighted by Crippen LogP contribution is -2.27. The summed E-state index contributed by atoms with van der Waals surface area (Å²) in [5, 5.41) is 4.57. The van der Waals surface area contributed by atoms with Crippen LogP contribution in [0.25, 0.3) is 16.7 Å². The molecule has 0 aliphatic heterocycles. The number of aromatic nitrogens is 4. The summed E-state index contributed by atoms with van der Waals surface area (Å²) in [7, 11) is 0. The Balaban J connectivity index is 1.70. The Morgan fingerprint density at radius 1 is 0.824 bits per heavy atom. The zero-order valence-electron chi connectivity index (χ0n) is 17.5. The van der Waals surface area contributed by atoms with Gasteiger partial charge in [0.15, 0.2) is 0 Å². The highest BCUT2D eigenvalue weighted by Gasteiger charge is 2.30. The Kier molecular flexibility index (Phi) is 5.07. The average molecular weight is 468 g/mol. The van der Waals surface area contributed by atoms with E-state index < -0.39 is 28.8 Å². The van der Waals surface area contributed by atoms with Gasteiger partial charge in [-0.05, 0) is 47.5 Å². The summed E-state index contributed by atoms with van der Waals surface area (Å²) in [4.78, 5) is 26.5. The molecular weight excluding hydrogens is 452 g/mol. The van der Waals surface area contributed by atoms with Crippen LogP contribution in [0.4, 0.5) is 17.6 Å². The molecule has 0 saturated carbocycles. The van der Waals surface area contributed by atoms with Gasteiger partial charge in [-0.3, -0.25) is 9.36 Å². The van der Waals surface area contributed by atoms with E-state index in [0.717, 1.165) is 16.8 Å². The van der Waals surface area contributed by atoms with Crippen molar-refractivity contribution in [3.05, 3.63) is 116 Å². The topological polar surface area (TPSA) is 61.3 Å². The second kappa shape index (κ2) is 7.98. The highest BCUT2D eigenvalue weighted by atomic mass is 19.4. The predicted octanol–water partition coefficient (Wildman–Crippen LogP) is 4.07. The molecule has 2 aromatic heterocycles. The molecule has 3 aromatic carbocycles. The minimum absolute atomic E-state index is 0.0213. The molecule has 0 aliphatic rings. The molecule has 0 saturated heterocycles. The van der Waals surface area contributed by atoms with Crippen molar-refractivity contribution in [3.8, 4) is 0 Å². The van der Waals surface area contributed by atoms with Gasteiger partial charge < -0.3 is 0 Å². The lowest BCUT2D eigenvalue weighted by Gasteiger charge is -2.09. The maximum Gasteiger partial charge on any atom is 0.416 e. The van der Waals surface area contributed by atoms with E-state index in [4.69, 9.17) is 0 Å². The van der Waals surface area contributed by atoms with Crippen LogP contribution in [0, 0.1) is 5.82 Å². The van der Waals surface area contributed by atoms with Gasteiger partial charge >= 0.3 is 11.9 Å². The third-order valence-electron chi connectivity index (χ3n) is 5.52. The van der Waals surface area contributed by atoms with Crippen molar-refractivity contribution < 1.29 is 17.6 Å². The number of benzene rings is 3. The number of hydrogen-bond donors (Lipinski definition) is 0. The minimum Gasteiger partial charge on any atom is -0.272 e. The molecule has 0 atom stereocenters. The van der Waals surface area contributed by atoms with Crippen molar-refractivity contribution in [1.82, 2.24) is 18.7 Å². The molecule has 0 unspecified atom stereocenters. The molecule has 5 rings (SSSR count). The largest absolute Gasteiger partial charge is 0.416 e. The number of alkyl halides is 3. The van der Waals surface area contributed by atoms with E-state index in [0.29, 0.717) is 11.1 Å². The molecule has 5 aromatic rings. The van der Waals surface area contributed by atoms with Gasteiger partial charge in [0.2, 0.25) is 5.78 Å². The van der Waals surface area contributed by atoms with Gasteiger partial charge in [0.1, 0.15) is 5.82 Å². The summed E-state index contributed by atoms with van der Waals surface area (Å²) in [6.07, 6.45) is -4.52. The van der Waals surface area contributed by atoms with Gasteiger partial charge in [-0.2, -0.15) is 13.2 Å². The second-order valence-electron chi connectivity index (χ2n) is 7.81. The number of halogens is 4. The SMILES string of the molecule is O=c1c2ccccc2n2c(=O)n(Cc3cccc(C(F)(F)F)c3)nc2n1Cc1ccc(F)cc1. The molecule has 0 amide bonds. The molecule has 0 fully saturated rings. The van der Waals surface area contributed by atoms with Gasteiger partial charge in [-0.15, -0.1) is 5.10 Å². The van der Waals surface area contributed by atoms with Crippen LogP contribution in [0.5, 0.6) is 0 Å². The smallest absolute Gasteiger partial charge is 0.272 e. The van der Waals surface area contributed by atoms with Crippen molar-refractivity contribution in [3.63, 3.8) is 0 Å². The Bertz CT molecular complexity index is 1650. The molecule has 0 bridgehead atoms. The molecule has 0 spiro atoms. The normalized spacial score (nSPS) is 12.0. The lowest BCUT2D eigenvalue weighted by molar-refractivity contribution is -0.137. The summed E-state index contributed by atoms with van der Waals surface area (Å²) in [6.45, 7) is -0.197. The van der Waals surface area contributed by atoms with E-state index in [2.05, 4.69) is 5.10 Å². The number of rotatable bonds is 4. The van der Waals surface area contributed by atoms with Crippen LogP contribution in [0.1, 0.15) is 16.7 Å². The third kappa shape index (κ3) is 3.76. The molecule has 6 nitrogen and oxygen atoms in total. The maximum atomic E-state index is 13.3. The van der Waals surface area contributed by atoms with E-state index in [9.17, 15) is 27.2 Å². The zero-order chi connectivity index (χ0) is 24.0. The van der Waals surface area contributed by atoms with E-state index in [1.807, 2.05) is 0 Å². The molecule has 0 radical (unpaired) electrons. The molecule has 172 valence electrons. The van der Waals surface area contributed by atoms with Crippen LogP contribution >= 0.6 is 0 Å². The third-order valence-corrected chi connectivity index (χ3v) is 5.52. The van der Waals surface area contributed by atoms with E-state index in [-0.39, 0.29) is 29.8 Å². The van der Waals surface area contributed by atoms with Crippen molar-refractivity contribution in [2.75, 3.05) is 0 Å². The van der Waals surface area contributed by atoms with Crippen LogP contribution in [0.15, 0.2) is 82.4 Å². The number of nitrogens with zero attached hydrogens (tertiary/aromatic N) is 4. The fourth-order valence-corrected chi connectivity index (χ4v) is 3.90. The highest BCUT2D eigenvalue weighted by molar-refractivity contribution is 5.80. The summed E-state index contributed by atoms with van der Waals surface area (Å²) in [5.41, 5.74) is -0.656. The van der Waals surface area contributed by atoms with Gasteiger partial charge in [0.25, 0.3) is 5.56 Å². The predicted molar refractivity (Wildman–Crippen MR) is 117 cm³/mol. The summed E-state index contributed by atoms with van der Waals surface area (Å²) >= 11 is 0. The number of fused-ring (bicyclic) bond motifs is 3. The summed E-state index contributed by atoms with van der Waals surface area (Å²) < 4.78 is 56.2. The standard InChI is InChI=1S/C24H16F4N4O2/c25-18-10-8-15(9-11-18)13-30-21(33)19-6-1-2-7-20(19)32-22(30)29-31(23(32)34)14-16-4-3-5-17(12-16)24(26,27)28/h1-12H,13-14H2. The Labute approximate surface area is 188 Å². The number of para-hydroxylation sites is 1. The van der Waals surface area contributed by atoms with Gasteiger partial charge in [0.05, 0.1) is 29.6 Å². The van der Waals surface area contributed by atoms with E-state index >= 15 is 0 Å². The van der Waals surface area contributed by atoms with Gasteiger partial charge in [0, 0.05) is 0 Å².